The number of hydrogen-bond donors (Lipinski definition) is 1. The summed E-state index contributed by atoms with van der Waals surface area (Å²) in [5, 5.41) is 9.99. The number of carboxylic acid groups (broad SMARTS) is 1. The van der Waals surface area contributed by atoms with Crippen molar-refractivity contribution in [2.45, 2.75) is 23.9 Å². The molecular weight excluding hydrogens is 404 g/mol. The van der Waals surface area contributed by atoms with Gasteiger partial charge in [0.1, 0.15) is 0 Å². The van der Waals surface area contributed by atoms with Gasteiger partial charge in [0.2, 0.25) is 0 Å². The van der Waals surface area contributed by atoms with Crippen molar-refractivity contribution in [2.24, 2.45) is 0 Å². The Labute approximate surface area is 156 Å². The first-order valence-electron chi connectivity index (χ1n) is 7.63. The molecule has 3 rings (SSSR count). The molecular formula is C18H15BrN2O3S. The van der Waals surface area contributed by atoms with Gasteiger partial charge in [0, 0.05) is 16.8 Å². The zero-order valence-corrected chi connectivity index (χ0v) is 15.6. The van der Waals surface area contributed by atoms with Crippen LogP contribution >= 0.6 is 27.7 Å². The fraction of sp³-hybridized carbons (Fsp3) is 0.167. The summed E-state index contributed by atoms with van der Waals surface area (Å²) in [7, 11) is 0. The predicted molar refractivity (Wildman–Crippen MR) is 102 cm³/mol. The van der Waals surface area contributed by atoms with Crippen molar-refractivity contribution in [1.29, 1.82) is 0 Å². The molecule has 0 atom stereocenters. The quantitative estimate of drug-likeness (QED) is 0.484. The van der Waals surface area contributed by atoms with E-state index in [2.05, 4.69) is 20.9 Å². The van der Waals surface area contributed by atoms with E-state index >= 15 is 0 Å². The Bertz CT molecular complexity index is 970. The fourth-order valence-electron chi connectivity index (χ4n) is 2.39. The van der Waals surface area contributed by atoms with Crippen LogP contribution in [0.1, 0.15) is 12.0 Å². The molecule has 0 aliphatic heterocycles. The molecule has 0 aliphatic carbocycles. The molecule has 0 fully saturated rings. The first kappa shape index (κ1) is 17.7. The molecule has 1 aromatic heterocycles. The number of para-hydroxylation sites is 1. The Kier molecular flexibility index (Phi) is 5.55. The van der Waals surface area contributed by atoms with Crippen LogP contribution in [0, 0.1) is 0 Å². The molecule has 0 spiro atoms. The van der Waals surface area contributed by atoms with Crippen molar-refractivity contribution in [3.63, 3.8) is 0 Å². The largest absolute Gasteiger partial charge is 0.481 e. The number of thioether (sulfide) groups is 1. The summed E-state index contributed by atoms with van der Waals surface area (Å²) in [6.07, 6.45) is -0.119. The van der Waals surface area contributed by atoms with Crippen LogP contribution in [0.4, 0.5) is 0 Å². The van der Waals surface area contributed by atoms with E-state index in [1.807, 2.05) is 30.3 Å². The number of aromatic nitrogens is 2. The average Bonchev–Trinajstić information content (AvgIpc) is 2.60. The van der Waals surface area contributed by atoms with Crippen LogP contribution in [0.5, 0.6) is 0 Å². The smallest absolute Gasteiger partial charge is 0.305 e. The number of benzene rings is 2. The Hall–Kier alpha value is -2.12. The van der Waals surface area contributed by atoms with E-state index in [1.54, 1.807) is 18.2 Å². The summed E-state index contributed by atoms with van der Waals surface area (Å²) in [6.45, 7) is 0.106. The molecule has 2 aromatic carbocycles. The van der Waals surface area contributed by atoms with Crippen LogP contribution in [0.2, 0.25) is 0 Å². The van der Waals surface area contributed by atoms with Gasteiger partial charge in [-0.2, -0.15) is 0 Å². The molecule has 0 radical (unpaired) electrons. The summed E-state index contributed by atoms with van der Waals surface area (Å²) in [6, 6.07) is 15.0. The normalized spacial score (nSPS) is 10.9. The van der Waals surface area contributed by atoms with E-state index in [9.17, 15) is 9.59 Å². The van der Waals surface area contributed by atoms with Crippen LogP contribution in [-0.2, 0) is 17.1 Å². The number of aliphatic carboxylic acids is 1. The number of carboxylic acids is 1. The van der Waals surface area contributed by atoms with Gasteiger partial charge in [-0.05, 0) is 29.8 Å². The number of halogens is 1. The lowest BCUT2D eigenvalue weighted by Gasteiger charge is -2.12. The maximum absolute atomic E-state index is 12.7. The number of rotatable bonds is 6. The molecule has 1 N–H and O–H groups in total. The van der Waals surface area contributed by atoms with Crippen molar-refractivity contribution in [3.8, 4) is 0 Å². The number of hydrogen-bond acceptors (Lipinski definition) is 4. The van der Waals surface area contributed by atoms with Gasteiger partial charge in [-0.1, -0.05) is 52.0 Å². The lowest BCUT2D eigenvalue weighted by molar-refractivity contribution is -0.137. The van der Waals surface area contributed by atoms with Crippen molar-refractivity contribution >= 4 is 44.6 Å². The molecule has 128 valence electrons. The third-order valence-electron chi connectivity index (χ3n) is 3.66. The van der Waals surface area contributed by atoms with Crippen molar-refractivity contribution in [2.75, 3.05) is 0 Å². The molecule has 25 heavy (non-hydrogen) atoms. The van der Waals surface area contributed by atoms with Crippen LogP contribution in [0.3, 0.4) is 0 Å². The molecule has 7 heteroatoms. The van der Waals surface area contributed by atoms with Gasteiger partial charge in [0.25, 0.3) is 5.56 Å². The van der Waals surface area contributed by atoms with Crippen LogP contribution in [0.15, 0.2) is 63.0 Å². The van der Waals surface area contributed by atoms with E-state index in [0.717, 1.165) is 10.0 Å². The SMILES string of the molecule is O=C(O)CCn1c(SCc2ccc(Br)cc2)nc2ccccc2c1=O. The van der Waals surface area contributed by atoms with Gasteiger partial charge in [-0.25, -0.2) is 4.98 Å². The van der Waals surface area contributed by atoms with Gasteiger partial charge in [0.05, 0.1) is 17.3 Å². The second-order valence-corrected chi connectivity index (χ2v) is 7.29. The summed E-state index contributed by atoms with van der Waals surface area (Å²) in [4.78, 5) is 28.2. The van der Waals surface area contributed by atoms with Crippen LogP contribution in [0.25, 0.3) is 10.9 Å². The minimum atomic E-state index is -0.941. The van der Waals surface area contributed by atoms with Crippen LogP contribution < -0.4 is 5.56 Å². The summed E-state index contributed by atoms with van der Waals surface area (Å²) in [5.74, 6) is -0.297. The molecule has 0 amide bonds. The summed E-state index contributed by atoms with van der Waals surface area (Å²) in [5.41, 5.74) is 1.52. The minimum absolute atomic E-state index is 0.106. The third-order valence-corrected chi connectivity index (χ3v) is 5.23. The van der Waals surface area contributed by atoms with Crippen molar-refractivity contribution in [3.05, 3.63) is 68.9 Å². The van der Waals surface area contributed by atoms with E-state index in [1.165, 1.54) is 16.3 Å². The Morgan fingerprint density at radius 2 is 1.88 bits per heavy atom. The molecule has 0 bridgehead atoms. The lowest BCUT2D eigenvalue weighted by atomic mass is 10.2. The monoisotopic (exact) mass is 418 g/mol. The standard InChI is InChI=1S/C18H15BrN2O3S/c19-13-7-5-12(6-8-13)11-25-18-20-15-4-2-1-3-14(15)17(24)21(18)10-9-16(22)23/h1-8H,9-11H2,(H,22,23). The van der Waals surface area contributed by atoms with Crippen molar-refractivity contribution < 1.29 is 9.90 Å². The second-order valence-electron chi connectivity index (χ2n) is 5.43. The minimum Gasteiger partial charge on any atom is -0.481 e. The van der Waals surface area contributed by atoms with Crippen molar-refractivity contribution in [1.82, 2.24) is 9.55 Å². The highest BCUT2D eigenvalue weighted by Gasteiger charge is 2.12. The molecule has 1 heterocycles. The molecule has 5 nitrogen and oxygen atoms in total. The van der Waals surface area contributed by atoms with Gasteiger partial charge in [-0.15, -0.1) is 0 Å². The zero-order chi connectivity index (χ0) is 17.8. The van der Waals surface area contributed by atoms with E-state index in [-0.39, 0.29) is 18.5 Å². The van der Waals surface area contributed by atoms with Gasteiger partial charge >= 0.3 is 5.97 Å². The molecule has 3 aromatic rings. The highest BCUT2D eigenvalue weighted by molar-refractivity contribution is 9.10. The Morgan fingerprint density at radius 1 is 1.16 bits per heavy atom. The third kappa shape index (κ3) is 4.29. The van der Waals surface area contributed by atoms with Gasteiger partial charge in [-0.3, -0.25) is 14.2 Å². The topological polar surface area (TPSA) is 72.2 Å². The predicted octanol–water partition coefficient (Wildman–Crippen LogP) is 3.93. The first-order valence-corrected chi connectivity index (χ1v) is 9.41. The first-order chi connectivity index (χ1) is 12.0. The Balaban J connectivity index is 1.96. The molecule has 0 unspecified atom stereocenters. The maximum atomic E-state index is 12.7. The molecule has 0 saturated carbocycles. The fourth-order valence-corrected chi connectivity index (χ4v) is 3.64. The number of fused-ring (bicyclic) bond motifs is 1. The summed E-state index contributed by atoms with van der Waals surface area (Å²) >= 11 is 4.83. The molecule has 0 saturated heterocycles. The maximum Gasteiger partial charge on any atom is 0.305 e. The summed E-state index contributed by atoms with van der Waals surface area (Å²) < 4.78 is 2.46. The highest BCUT2D eigenvalue weighted by atomic mass is 79.9. The van der Waals surface area contributed by atoms with E-state index < -0.39 is 5.97 Å². The average molecular weight is 419 g/mol. The molecule has 0 aliphatic rings. The highest BCUT2D eigenvalue weighted by Crippen LogP contribution is 2.23. The van der Waals surface area contributed by atoms with Crippen LogP contribution in [-0.4, -0.2) is 20.6 Å². The van der Waals surface area contributed by atoms with Gasteiger partial charge in [0.15, 0.2) is 5.16 Å². The Morgan fingerprint density at radius 3 is 2.60 bits per heavy atom. The van der Waals surface area contributed by atoms with E-state index in [0.29, 0.717) is 21.8 Å². The second kappa shape index (κ2) is 7.84. The zero-order valence-electron chi connectivity index (χ0n) is 13.2. The number of carbonyl (C=O) groups is 1. The van der Waals surface area contributed by atoms with E-state index in [4.69, 9.17) is 5.11 Å². The number of nitrogens with zero attached hydrogens (tertiary/aromatic N) is 2. The lowest BCUT2D eigenvalue weighted by Crippen LogP contribution is -2.24. The van der Waals surface area contributed by atoms with Gasteiger partial charge < -0.3 is 5.11 Å².